The van der Waals surface area contributed by atoms with Gasteiger partial charge in [0, 0.05) is 24.2 Å². The molecule has 11 heavy (non-hydrogen) atoms. The van der Waals surface area contributed by atoms with Crippen molar-refractivity contribution in [1.82, 2.24) is 0 Å². The lowest BCUT2D eigenvalue weighted by Crippen LogP contribution is -2.18. The number of rotatable bonds is 4. The summed E-state index contributed by atoms with van der Waals surface area (Å²) in [6.07, 6.45) is 2.35. The highest BCUT2D eigenvalue weighted by Crippen LogP contribution is 2.21. The molecule has 0 atom stereocenters. The first kappa shape index (κ1) is 9.32. The van der Waals surface area contributed by atoms with E-state index in [0.29, 0.717) is 6.61 Å². The van der Waals surface area contributed by atoms with E-state index in [1.807, 2.05) is 11.8 Å². The molecule has 0 aromatic rings. The van der Waals surface area contributed by atoms with Gasteiger partial charge in [-0.15, -0.1) is 0 Å². The summed E-state index contributed by atoms with van der Waals surface area (Å²) in [5, 5.41) is 0.763. The first-order valence-electron chi connectivity index (χ1n) is 3.94. The Hall–Kier alpha value is 0.230. The van der Waals surface area contributed by atoms with Gasteiger partial charge in [-0.25, -0.2) is 5.90 Å². The SMILES string of the molecule is NOCCSC1CCOCC1. The molecule has 4 heteroatoms. The number of nitrogens with two attached hydrogens (primary N) is 1. The number of hydrogen-bond acceptors (Lipinski definition) is 4. The Morgan fingerprint density at radius 1 is 1.45 bits per heavy atom. The summed E-state index contributed by atoms with van der Waals surface area (Å²) < 4.78 is 5.24. The molecule has 0 amide bonds. The van der Waals surface area contributed by atoms with Crippen LogP contribution in [0, 0.1) is 0 Å². The van der Waals surface area contributed by atoms with Gasteiger partial charge >= 0.3 is 0 Å². The van der Waals surface area contributed by atoms with Crippen LogP contribution in [-0.4, -0.2) is 30.8 Å². The van der Waals surface area contributed by atoms with E-state index in [4.69, 9.17) is 10.6 Å². The zero-order valence-electron chi connectivity index (χ0n) is 6.62. The van der Waals surface area contributed by atoms with Gasteiger partial charge in [0.1, 0.15) is 0 Å². The Morgan fingerprint density at radius 2 is 2.18 bits per heavy atom. The van der Waals surface area contributed by atoms with E-state index < -0.39 is 0 Å². The van der Waals surface area contributed by atoms with Crippen molar-refractivity contribution in [3.8, 4) is 0 Å². The second-order valence-corrected chi connectivity index (χ2v) is 3.96. The van der Waals surface area contributed by atoms with Crippen LogP contribution in [0.25, 0.3) is 0 Å². The van der Waals surface area contributed by atoms with Crippen molar-refractivity contribution >= 4 is 11.8 Å². The molecule has 3 nitrogen and oxygen atoms in total. The molecular weight excluding hydrogens is 162 g/mol. The van der Waals surface area contributed by atoms with Crippen LogP contribution in [0.1, 0.15) is 12.8 Å². The number of ether oxygens (including phenoxy) is 1. The van der Waals surface area contributed by atoms with E-state index >= 15 is 0 Å². The highest BCUT2D eigenvalue weighted by atomic mass is 32.2. The molecule has 1 fully saturated rings. The molecule has 1 aliphatic rings. The molecule has 0 aliphatic carbocycles. The summed E-state index contributed by atoms with van der Waals surface area (Å²) in [4.78, 5) is 4.48. The predicted octanol–water partition coefficient (Wildman–Crippen LogP) is 0.789. The quantitative estimate of drug-likeness (QED) is 0.509. The lowest BCUT2D eigenvalue weighted by atomic mass is 10.2. The van der Waals surface area contributed by atoms with Crippen LogP contribution < -0.4 is 5.90 Å². The van der Waals surface area contributed by atoms with Crippen LogP contribution in [0.5, 0.6) is 0 Å². The minimum Gasteiger partial charge on any atom is -0.381 e. The first-order valence-corrected chi connectivity index (χ1v) is 4.99. The van der Waals surface area contributed by atoms with E-state index in [-0.39, 0.29) is 0 Å². The Morgan fingerprint density at radius 3 is 2.82 bits per heavy atom. The van der Waals surface area contributed by atoms with E-state index in [9.17, 15) is 0 Å². The normalized spacial score (nSPS) is 20.5. The van der Waals surface area contributed by atoms with Gasteiger partial charge < -0.3 is 9.57 Å². The molecular formula is C7H15NO2S. The van der Waals surface area contributed by atoms with Gasteiger partial charge in [-0.2, -0.15) is 11.8 Å². The highest BCUT2D eigenvalue weighted by molar-refractivity contribution is 7.99. The first-order chi connectivity index (χ1) is 5.43. The molecule has 2 N–H and O–H groups in total. The van der Waals surface area contributed by atoms with Crippen molar-refractivity contribution in [3.05, 3.63) is 0 Å². The van der Waals surface area contributed by atoms with Gasteiger partial charge in [0.25, 0.3) is 0 Å². The molecule has 1 rings (SSSR count). The largest absolute Gasteiger partial charge is 0.381 e. The molecule has 0 aromatic carbocycles. The summed E-state index contributed by atoms with van der Waals surface area (Å²) in [5.41, 5.74) is 0. The summed E-state index contributed by atoms with van der Waals surface area (Å²) in [6.45, 7) is 2.49. The van der Waals surface area contributed by atoms with E-state index in [0.717, 1.165) is 24.2 Å². The standard InChI is InChI=1S/C7H15NO2S/c8-10-5-6-11-7-1-3-9-4-2-7/h7H,1-6,8H2. The topological polar surface area (TPSA) is 44.5 Å². The average Bonchev–Trinajstić information content (AvgIpc) is 2.07. The molecule has 0 aromatic heterocycles. The molecule has 0 saturated carbocycles. The van der Waals surface area contributed by atoms with Gasteiger partial charge in [-0.05, 0) is 12.8 Å². The smallest absolute Gasteiger partial charge is 0.0769 e. The van der Waals surface area contributed by atoms with Gasteiger partial charge in [0.15, 0.2) is 0 Å². The number of hydrogen-bond donors (Lipinski definition) is 1. The molecule has 1 aliphatic heterocycles. The second-order valence-electron chi connectivity index (χ2n) is 2.55. The summed E-state index contributed by atoms with van der Waals surface area (Å²) in [6, 6.07) is 0. The third-order valence-electron chi connectivity index (χ3n) is 1.72. The summed E-state index contributed by atoms with van der Waals surface area (Å²) >= 11 is 1.94. The summed E-state index contributed by atoms with van der Waals surface area (Å²) in [5.74, 6) is 5.91. The molecule has 0 radical (unpaired) electrons. The van der Waals surface area contributed by atoms with Crippen LogP contribution in [-0.2, 0) is 9.57 Å². The van der Waals surface area contributed by atoms with Gasteiger partial charge in [0.2, 0.25) is 0 Å². The van der Waals surface area contributed by atoms with Crippen LogP contribution in [0.15, 0.2) is 0 Å². The van der Waals surface area contributed by atoms with Crippen LogP contribution in [0.4, 0.5) is 0 Å². The lowest BCUT2D eigenvalue weighted by molar-refractivity contribution is 0.0998. The van der Waals surface area contributed by atoms with Crippen molar-refractivity contribution in [3.63, 3.8) is 0 Å². The Balaban J connectivity index is 1.96. The molecule has 0 bridgehead atoms. The zero-order valence-corrected chi connectivity index (χ0v) is 7.44. The van der Waals surface area contributed by atoms with Crippen molar-refractivity contribution in [1.29, 1.82) is 0 Å². The molecule has 1 heterocycles. The molecule has 0 unspecified atom stereocenters. The van der Waals surface area contributed by atoms with Crippen LogP contribution in [0.3, 0.4) is 0 Å². The fourth-order valence-electron chi connectivity index (χ4n) is 1.11. The van der Waals surface area contributed by atoms with Crippen LogP contribution in [0.2, 0.25) is 0 Å². The maximum absolute atomic E-state index is 5.24. The Bertz CT molecular complexity index is 96.4. The lowest BCUT2D eigenvalue weighted by Gasteiger charge is -2.20. The minimum atomic E-state index is 0.655. The third-order valence-corrected chi connectivity index (χ3v) is 3.07. The van der Waals surface area contributed by atoms with Crippen molar-refractivity contribution < 1.29 is 9.57 Å². The van der Waals surface area contributed by atoms with Gasteiger partial charge in [-0.3, -0.25) is 0 Å². The second kappa shape index (κ2) is 5.83. The Kier molecular flexibility index (Phi) is 4.94. The van der Waals surface area contributed by atoms with Gasteiger partial charge in [0.05, 0.1) is 6.61 Å². The summed E-state index contributed by atoms with van der Waals surface area (Å²) in [7, 11) is 0. The highest BCUT2D eigenvalue weighted by Gasteiger charge is 2.13. The molecule has 0 spiro atoms. The van der Waals surface area contributed by atoms with E-state index in [1.54, 1.807) is 0 Å². The fourth-order valence-corrected chi connectivity index (χ4v) is 2.16. The zero-order chi connectivity index (χ0) is 7.94. The van der Waals surface area contributed by atoms with E-state index in [1.165, 1.54) is 12.8 Å². The predicted molar refractivity (Wildman–Crippen MR) is 46.4 cm³/mol. The van der Waals surface area contributed by atoms with Crippen LogP contribution >= 0.6 is 11.8 Å². The maximum atomic E-state index is 5.24. The van der Waals surface area contributed by atoms with Gasteiger partial charge in [-0.1, -0.05) is 0 Å². The molecule has 1 saturated heterocycles. The van der Waals surface area contributed by atoms with Crippen molar-refractivity contribution in [2.75, 3.05) is 25.6 Å². The van der Waals surface area contributed by atoms with E-state index in [2.05, 4.69) is 4.84 Å². The monoisotopic (exact) mass is 177 g/mol. The van der Waals surface area contributed by atoms with Crippen molar-refractivity contribution in [2.24, 2.45) is 5.90 Å². The minimum absolute atomic E-state index is 0.655. The number of thioether (sulfide) groups is 1. The molecule has 66 valence electrons. The third kappa shape index (κ3) is 3.96. The van der Waals surface area contributed by atoms with Crippen molar-refractivity contribution in [2.45, 2.75) is 18.1 Å². The fraction of sp³-hybridized carbons (Fsp3) is 1.00. The average molecular weight is 177 g/mol. The Labute approximate surface area is 71.6 Å². The maximum Gasteiger partial charge on any atom is 0.0769 e.